The Labute approximate surface area is 130 Å². The predicted molar refractivity (Wildman–Crippen MR) is 94.7 cm³/mol. The minimum atomic E-state index is 0.0628. The normalized spacial score (nSPS) is 12.5. The molecule has 22 heavy (non-hydrogen) atoms. The van der Waals surface area contributed by atoms with E-state index in [9.17, 15) is 0 Å². The third-order valence-corrected chi connectivity index (χ3v) is 4.49. The van der Waals surface area contributed by atoms with Gasteiger partial charge in [0.15, 0.2) is 0 Å². The number of rotatable bonds is 0. The summed E-state index contributed by atoms with van der Waals surface area (Å²) in [5, 5.41) is 4.84. The lowest BCUT2D eigenvalue weighted by atomic mass is 9.83. The van der Waals surface area contributed by atoms with Crippen molar-refractivity contribution in [1.29, 1.82) is 0 Å². The molecule has 0 bridgehead atoms. The Morgan fingerprint density at radius 2 is 1.41 bits per heavy atom. The molecule has 0 saturated carbocycles. The van der Waals surface area contributed by atoms with E-state index in [1.807, 2.05) is 0 Å². The summed E-state index contributed by atoms with van der Waals surface area (Å²) in [5.74, 6) is 0. The first-order chi connectivity index (χ1) is 10.5. The summed E-state index contributed by atoms with van der Waals surface area (Å²) in [5.41, 5.74) is 4.71. The lowest BCUT2D eigenvalue weighted by Gasteiger charge is -2.21. The van der Waals surface area contributed by atoms with Crippen molar-refractivity contribution >= 4 is 32.7 Å². The van der Waals surface area contributed by atoms with Crippen molar-refractivity contribution in [1.82, 2.24) is 0 Å². The first-order valence-electron chi connectivity index (χ1n) is 7.81. The molecule has 4 aromatic rings. The summed E-state index contributed by atoms with van der Waals surface area (Å²) in [4.78, 5) is 0. The van der Waals surface area contributed by atoms with Crippen LogP contribution in [0.3, 0.4) is 0 Å². The molecule has 0 spiro atoms. The Morgan fingerprint density at radius 1 is 0.727 bits per heavy atom. The van der Waals surface area contributed by atoms with E-state index in [-0.39, 0.29) is 5.41 Å². The van der Waals surface area contributed by atoms with E-state index in [1.54, 1.807) is 0 Å². The van der Waals surface area contributed by atoms with E-state index >= 15 is 0 Å². The highest BCUT2D eigenvalue weighted by molar-refractivity contribution is 6.15. The molecule has 0 fully saturated rings. The molecule has 1 heteroatoms. The number of hydrogen-bond donors (Lipinski definition) is 0. The Kier molecular flexibility index (Phi) is 2.65. The zero-order valence-electron chi connectivity index (χ0n) is 13.5. The molecule has 0 unspecified atom stereocenters. The molecule has 0 N–H and O–H groups in total. The number of fused-ring (bicyclic) bond motifs is 5. The summed E-state index contributed by atoms with van der Waals surface area (Å²) in [6.07, 6.45) is 0. The molecule has 4 rings (SSSR count). The van der Waals surface area contributed by atoms with Crippen LogP contribution in [0.5, 0.6) is 0 Å². The second kappa shape index (κ2) is 4.36. The lowest BCUT2D eigenvalue weighted by molar-refractivity contribution is 0.570. The van der Waals surface area contributed by atoms with Gasteiger partial charge in [-0.2, -0.15) is 0 Å². The molecule has 3 aromatic carbocycles. The van der Waals surface area contributed by atoms with Gasteiger partial charge in [0.2, 0.25) is 0 Å². The Morgan fingerprint density at radius 3 is 2.18 bits per heavy atom. The third kappa shape index (κ3) is 1.78. The zero-order valence-corrected chi connectivity index (χ0v) is 13.5. The van der Waals surface area contributed by atoms with Crippen LogP contribution in [0.15, 0.2) is 52.9 Å². The standard InChI is InChI=1S/C21H20O/c1-13-9-11-17-16-12-10-14-7-5-6-8-15(14)19(16)22-20(17)18(13)21(2,3)4/h5-12H,1-4H3. The van der Waals surface area contributed by atoms with E-state index in [0.717, 1.165) is 11.2 Å². The molecular weight excluding hydrogens is 268 g/mol. The van der Waals surface area contributed by atoms with Crippen molar-refractivity contribution in [2.75, 3.05) is 0 Å². The third-order valence-electron chi connectivity index (χ3n) is 4.49. The monoisotopic (exact) mass is 288 g/mol. The first kappa shape index (κ1) is 13.4. The second-order valence-corrected chi connectivity index (χ2v) is 7.15. The van der Waals surface area contributed by atoms with Crippen LogP contribution in [0.1, 0.15) is 31.9 Å². The topological polar surface area (TPSA) is 13.1 Å². The lowest BCUT2D eigenvalue weighted by Crippen LogP contribution is -2.13. The average Bonchev–Trinajstić information content (AvgIpc) is 2.84. The van der Waals surface area contributed by atoms with E-state index < -0.39 is 0 Å². The fourth-order valence-electron chi connectivity index (χ4n) is 3.60. The number of hydrogen-bond acceptors (Lipinski definition) is 1. The van der Waals surface area contributed by atoms with E-state index in [4.69, 9.17) is 4.42 Å². The van der Waals surface area contributed by atoms with Crippen LogP contribution >= 0.6 is 0 Å². The Bertz CT molecular complexity index is 1010. The molecule has 0 amide bonds. The summed E-state index contributed by atoms with van der Waals surface area (Å²) >= 11 is 0. The minimum absolute atomic E-state index is 0.0628. The van der Waals surface area contributed by atoms with Gasteiger partial charge >= 0.3 is 0 Å². The van der Waals surface area contributed by atoms with Crippen molar-refractivity contribution in [3.8, 4) is 0 Å². The van der Waals surface area contributed by atoms with Crippen LogP contribution in [-0.2, 0) is 5.41 Å². The van der Waals surface area contributed by atoms with Gasteiger partial charge < -0.3 is 4.42 Å². The molecule has 1 aromatic heterocycles. The van der Waals surface area contributed by atoms with Crippen LogP contribution in [-0.4, -0.2) is 0 Å². The molecule has 110 valence electrons. The quantitative estimate of drug-likeness (QED) is 0.367. The number of aryl methyl sites for hydroxylation is 1. The second-order valence-electron chi connectivity index (χ2n) is 7.15. The van der Waals surface area contributed by atoms with Gasteiger partial charge in [0.25, 0.3) is 0 Å². The van der Waals surface area contributed by atoms with Crippen LogP contribution in [0.25, 0.3) is 32.7 Å². The molecule has 1 nitrogen and oxygen atoms in total. The minimum Gasteiger partial charge on any atom is -0.455 e. The van der Waals surface area contributed by atoms with Gasteiger partial charge in [-0.25, -0.2) is 0 Å². The number of furan rings is 1. The van der Waals surface area contributed by atoms with Crippen molar-refractivity contribution in [3.05, 3.63) is 59.7 Å². The summed E-state index contributed by atoms with van der Waals surface area (Å²) in [7, 11) is 0. The molecule has 0 aliphatic rings. The highest BCUT2D eigenvalue weighted by Gasteiger charge is 2.23. The molecule has 0 radical (unpaired) electrons. The van der Waals surface area contributed by atoms with Gasteiger partial charge in [0.05, 0.1) is 0 Å². The Hall–Kier alpha value is -2.28. The van der Waals surface area contributed by atoms with Crippen molar-refractivity contribution in [2.45, 2.75) is 33.1 Å². The summed E-state index contributed by atoms with van der Waals surface area (Å²) in [6, 6.07) is 17.2. The smallest absolute Gasteiger partial charge is 0.143 e. The highest BCUT2D eigenvalue weighted by Crippen LogP contribution is 2.40. The number of benzene rings is 3. The maximum Gasteiger partial charge on any atom is 0.143 e. The molecular formula is C21H20O. The molecule has 0 saturated heterocycles. The van der Waals surface area contributed by atoms with Crippen molar-refractivity contribution in [2.24, 2.45) is 0 Å². The van der Waals surface area contributed by atoms with Gasteiger partial charge in [-0.1, -0.05) is 63.2 Å². The molecule has 0 aliphatic carbocycles. The van der Waals surface area contributed by atoms with E-state index in [0.29, 0.717) is 0 Å². The van der Waals surface area contributed by atoms with Gasteiger partial charge in [-0.15, -0.1) is 0 Å². The van der Waals surface area contributed by atoms with Crippen molar-refractivity contribution in [3.63, 3.8) is 0 Å². The molecule has 1 heterocycles. The predicted octanol–water partition coefficient (Wildman–Crippen LogP) is 6.35. The van der Waals surface area contributed by atoms with Crippen LogP contribution in [0.2, 0.25) is 0 Å². The zero-order chi connectivity index (χ0) is 15.5. The van der Waals surface area contributed by atoms with Gasteiger partial charge in [-0.05, 0) is 29.4 Å². The highest BCUT2D eigenvalue weighted by atomic mass is 16.3. The average molecular weight is 288 g/mol. The fourth-order valence-corrected chi connectivity index (χ4v) is 3.60. The van der Waals surface area contributed by atoms with Crippen molar-refractivity contribution < 1.29 is 4.42 Å². The summed E-state index contributed by atoms with van der Waals surface area (Å²) < 4.78 is 6.40. The van der Waals surface area contributed by atoms with Gasteiger partial charge in [0.1, 0.15) is 11.2 Å². The fraction of sp³-hybridized carbons (Fsp3) is 0.238. The van der Waals surface area contributed by atoms with Gasteiger partial charge in [-0.3, -0.25) is 0 Å². The maximum absolute atomic E-state index is 6.40. The Balaban J connectivity index is 2.24. The largest absolute Gasteiger partial charge is 0.455 e. The first-order valence-corrected chi connectivity index (χ1v) is 7.81. The molecule has 0 aliphatic heterocycles. The van der Waals surface area contributed by atoms with Crippen LogP contribution in [0.4, 0.5) is 0 Å². The van der Waals surface area contributed by atoms with Crippen LogP contribution in [0, 0.1) is 6.92 Å². The van der Waals surface area contributed by atoms with Crippen LogP contribution < -0.4 is 0 Å². The maximum atomic E-state index is 6.40. The summed E-state index contributed by atoms with van der Waals surface area (Å²) in [6.45, 7) is 8.92. The molecule has 0 atom stereocenters. The van der Waals surface area contributed by atoms with Gasteiger partial charge in [0, 0.05) is 21.7 Å². The SMILES string of the molecule is Cc1ccc2c(oc3c4ccccc4ccc23)c1C(C)(C)C. The van der Waals surface area contributed by atoms with E-state index in [1.165, 1.54) is 32.7 Å². The van der Waals surface area contributed by atoms with E-state index in [2.05, 4.69) is 76.2 Å².